The van der Waals surface area contributed by atoms with Crippen molar-refractivity contribution in [1.82, 2.24) is 9.97 Å². The van der Waals surface area contributed by atoms with Gasteiger partial charge in [0.2, 0.25) is 0 Å². The maximum Gasteiger partial charge on any atom is 0.181 e. The van der Waals surface area contributed by atoms with Gasteiger partial charge in [-0.1, -0.05) is 6.07 Å². The minimum absolute atomic E-state index is 0.132. The van der Waals surface area contributed by atoms with Gasteiger partial charge in [-0.3, -0.25) is 0 Å². The van der Waals surface area contributed by atoms with Crippen molar-refractivity contribution in [2.75, 3.05) is 6.61 Å². The highest BCUT2D eigenvalue weighted by Gasteiger charge is 2.11. The Bertz CT molecular complexity index is 687. The van der Waals surface area contributed by atoms with Crippen molar-refractivity contribution in [3.8, 4) is 11.3 Å². The third-order valence-corrected chi connectivity index (χ3v) is 3.80. The number of rotatable bonds is 3. The summed E-state index contributed by atoms with van der Waals surface area (Å²) in [5, 5.41) is 9.91. The predicted molar refractivity (Wildman–Crippen MR) is 70.6 cm³/mol. The lowest BCUT2D eigenvalue weighted by atomic mass is 10.1. The lowest BCUT2D eigenvalue weighted by Gasteiger charge is -1.97. The van der Waals surface area contributed by atoms with Crippen molar-refractivity contribution < 1.29 is 9.52 Å². The Morgan fingerprint density at radius 2 is 2.28 bits per heavy atom. The molecule has 0 aliphatic carbocycles. The molecule has 0 unspecified atom stereocenters. The first-order valence-corrected chi connectivity index (χ1v) is 6.50. The Hall–Kier alpha value is -1.72. The predicted octanol–water partition coefficient (Wildman–Crippen LogP) is 2.79. The van der Waals surface area contributed by atoms with E-state index in [9.17, 15) is 0 Å². The molecule has 1 aromatic carbocycles. The standard InChI is InChI=1S/C13H12N2O2S/c1-8-13(15-12(18-8)4-5-16)9-2-3-10-11(6-9)17-7-14-10/h2-3,6-7,16H,4-5H2,1H3. The van der Waals surface area contributed by atoms with Crippen molar-refractivity contribution in [2.24, 2.45) is 0 Å². The van der Waals surface area contributed by atoms with E-state index in [1.54, 1.807) is 11.3 Å². The number of thiazole rings is 1. The van der Waals surface area contributed by atoms with Crippen LogP contribution < -0.4 is 0 Å². The van der Waals surface area contributed by atoms with Crippen LogP contribution in [-0.4, -0.2) is 21.7 Å². The van der Waals surface area contributed by atoms with Crippen molar-refractivity contribution >= 4 is 22.4 Å². The van der Waals surface area contributed by atoms with Gasteiger partial charge in [-0.15, -0.1) is 11.3 Å². The smallest absolute Gasteiger partial charge is 0.181 e. The van der Waals surface area contributed by atoms with Gasteiger partial charge >= 0.3 is 0 Å². The van der Waals surface area contributed by atoms with Crippen LogP contribution in [0, 0.1) is 6.92 Å². The molecule has 92 valence electrons. The Morgan fingerprint density at radius 3 is 3.11 bits per heavy atom. The van der Waals surface area contributed by atoms with Gasteiger partial charge in [0.1, 0.15) is 5.52 Å². The summed E-state index contributed by atoms with van der Waals surface area (Å²) in [7, 11) is 0. The highest BCUT2D eigenvalue weighted by molar-refractivity contribution is 7.12. The summed E-state index contributed by atoms with van der Waals surface area (Å²) in [6.07, 6.45) is 2.05. The first-order valence-electron chi connectivity index (χ1n) is 5.68. The largest absolute Gasteiger partial charge is 0.443 e. The third kappa shape index (κ3) is 1.91. The zero-order valence-electron chi connectivity index (χ0n) is 9.88. The number of fused-ring (bicyclic) bond motifs is 1. The van der Waals surface area contributed by atoms with Gasteiger partial charge in [-0.05, 0) is 19.1 Å². The molecule has 0 amide bonds. The highest BCUT2D eigenvalue weighted by atomic mass is 32.1. The number of aliphatic hydroxyl groups excluding tert-OH is 1. The molecule has 0 fully saturated rings. The van der Waals surface area contributed by atoms with E-state index in [-0.39, 0.29) is 6.61 Å². The molecule has 5 heteroatoms. The number of aliphatic hydroxyl groups is 1. The van der Waals surface area contributed by atoms with Crippen molar-refractivity contribution in [2.45, 2.75) is 13.3 Å². The summed E-state index contributed by atoms with van der Waals surface area (Å²) >= 11 is 1.62. The fraction of sp³-hybridized carbons (Fsp3) is 0.231. The molecule has 4 nitrogen and oxygen atoms in total. The lowest BCUT2D eigenvalue weighted by Crippen LogP contribution is -1.89. The average molecular weight is 260 g/mol. The van der Waals surface area contributed by atoms with E-state index < -0.39 is 0 Å². The van der Waals surface area contributed by atoms with E-state index in [2.05, 4.69) is 9.97 Å². The highest BCUT2D eigenvalue weighted by Crippen LogP contribution is 2.29. The van der Waals surface area contributed by atoms with Gasteiger partial charge in [0.25, 0.3) is 0 Å². The van der Waals surface area contributed by atoms with Crippen LogP contribution in [0.1, 0.15) is 9.88 Å². The van der Waals surface area contributed by atoms with Gasteiger partial charge in [-0.25, -0.2) is 9.97 Å². The topological polar surface area (TPSA) is 59.2 Å². The fourth-order valence-electron chi connectivity index (χ4n) is 1.92. The van der Waals surface area contributed by atoms with E-state index in [0.29, 0.717) is 6.42 Å². The summed E-state index contributed by atoms with van der Waals surface area (Å²) in [5.74, 6) is 0. The summed E-state index contributed by atoms with van der Waals surface area (Å²) < 4.78 is 5.30. The molecule has 0 saturated carbocycles. The number of oxazole rings is 1. The van der Waals surface area contributed by atoms with Crippen LogP contribution in [0.15, 0.2) is 29.0 Å². The molecule has 0 aliphatic heterocycles. The summed E-state index contributed by atoms with van der Waals surface area (Å²) in [5.41, 5.74) is 3.60. The number of nitrogens with zero attached hydrogens (tertiary/aromatic N) is 2. The molecule has 3 aromatic rings. The van der Waals surface area contributed by atoms with Crippen LogP contribution >= 0.6 is 11.3 Å². The Kier molecular flexibility index (Phi) is 2.85. The molecule has 0 aliphatic rings. The second kappa shape index (κ2) is 4.51. The fourth-order valence-corrected chi connectivity index (χ4v) is 2.87. The SMILES string of the molecule is Cc1sc(CCO)nc1-c1ccc2ncoc2c1. The molecule has 0 radical (unpaired) electrons. The summed E-state index contributed by atoms with van der Waals surface area (Å²) in [4.78, 5) is 9.80. The van der Waals surface area contributed by atoms with E-state index >= 15 is 0 Å². The first-order chi connectivity index (χ1) is 8.78. The zero-order chi connectivity index (χ0) is 12.5. The number of aromatic nitrogens is 2. The van der Waals surface area contributed by atoms with Crippen LogP contribution in [0.5, 0.6) is 0 Å². The van der Waals surface area contributed by atoms with E-state index in [1.165, 1.54) is 6.39 Å². The summed E-state index contributed by atoms with van der Waals surface area (Å²) in [6.45, 7) is 2.17. The maximum absolute atomic E-state index is 8.95. The minimum Gasteiger partial charge on any atom is -0.443 e. The molecule has 2 heterocycles. The van der Waals surface area contributed by atoms with Gasteiger partial charge in [-0.2, -0.15) is 0 Å². The molecule has 1 N–H and O–H groups in total. The second-order valence-corrected chi connectivity index (χ2v) is 5.31. The molecule has 0 bridgehead atoms. The maximum atomic E-state index is 8.95. The van der Waals surface area contributed by atoms with Crippen LogP contribution in [-0.2, 0) is 6.42 Å². The van der Waals surface area contributed by atoms with E-state index in [0.717, 1.165) is 32.2 Å². The molecule has 3 rings (SSSR count). The molecule has 0 saturated heterocycles. The second-order valence-electron chi connectivity index (χ2n) is 4.02. The van der Waals surface area contributed by atoms with Crippen LogP contribution in [0.2, 0.25) is 0 Å². The minimum atomic E-state index is 0.132. The van der Waals surface area contributed by atoms with E-state index in [4.69, 9.17) is 9.52 Å². The first kappa shape index (κ1) is 11.4. The monoisotopic (exact) mass is 260 g/mol. The quantitative estimate of drug-likeness (QED) is 0.786. The third-order valence-electron chi connectivity index (χ3n) is 2.77. The van der Waals surface area contributed by atoms with E-state index in [1.807, 2.05) is 25.1 Å². The molecular formula is C13H12N2O2S. The number of hydrogen-bond donors (Lipinski definition) is 1. The summed E-state index contributed by atoms with van der Waals surface area (Å²) in [6, 6.07) is 5.88. The van der Waals surface area contributed by atoms with Gasteiger partial charge in [0, 0.05) is 23.5 Å². The number of benzene rings is 1. The van der Waals surface area contributed by atoms with Crippen LogP contribution in [0.25, 0.3) is 22.4 Å². The number of hydrogen-bond acceptors (Lipinski definition) is 5. The Balaban J connectivity index is 2.07. The molecular weight excluding hydrogens is 248 g/mol. The van der Waals surface area contributed by atoms with Crippen LogP contribution in [0.4, 0.5) is 0 Å². The lowest BCUT2D eigenvalue weighted by molar-refractivity contribution is 0.299. The average Bonchev–Trinajstić information content (AvgIpc) is 2.95. The molecule has 18 heavy (non-hydrogen) atoms. The molecule has 0 spiro atoms. The van der Waals surface area contributed by atoms with Gasteiger partial charge < -0.3 is 9.52 Å². The van der Waals surface area contributed by atoms with Crippen molar-refractivity contribution in [1.29, 1.82) is 0 Å². The van der Waals surface area contributed by atoms with Crippen LogP contribution in [0.3, 0.4) is 0 Å². The molecule has 2 aromatic heterocycles. The van der Waals surface area contributed by atoms with Gasteiger partial charge in [0.15, 0.2) is 12.0 Å². The Morgan fingerprint density at radius 1 is 1.39 bits per heavy atom. The normalized spacial score (nSPS) is 11.2. The van der Waals surface area contributed by atoms with Gasteiger partial charge in [0.05, 0.1) is 10.7 Å². The zero-order valence-corrected chi connectivity index (χ0v) is 10.7. The molecule has 0 atom stereocenters. The number of aryl methyl sites for hydroxylation is 1. The van der Waals surface area contributed by atoms with Crippen molar-refractivity contribution in [3.63, 3.8) is 0 Å². The Labute approximate surface area is 108 Å². The van der Waals surface area contributed by atoms with Crippen molar-refractivity contribution in [3.05, 3.63) is 34.5 Å².